The van der Waals surface area contributed by atoms with Crippen LogP contribution in [0.15, 0.2) is 41.3 Å². The quantitative estimate of drug-likeness (QED) is 0.732. The number of hydrogen-bond acceptors (Lipinski definition) is 5. The number of sulfonamides is 1. The van der Waals surface area contributed by atoms with Gasteiger partial charge in [-0.15, -0.1) is 0 Å². The number of aryl methyl sites for hydroxylation is 1. The molecule has 0 aromatic heterocycles. The molecule has 2 aliphatic rings. The minimum atomic E-state index is -3.61. The zero-order valence-electron chi connectivity index (χ0n) is 16.3. The predicted molar refractivity (Wildman–Crippen MR) is 109 cm³/mol. The summed E-state index contributed by atoms with van der Waals surface area (Å²) in [6.07, 6.45) is 1.14. The van der Waals surface area contributed by atoms with Gasteiger partial charge in [-0.05, 0) is 48.9 Å². The average molecular weight is 436 g/mol. The van der Waals surface area contributed by atoms with Gasteiger partial charge in [0.1, 0.15) is 17.1 Å². The summed E-state index contributed by atoms with van der Waals surface area (Å²) in [4.78, 5) is 12.9. The van der Waals surface area contributed by atoms with E-state index in [0.717, 1.165) is 5.56 Å². The minimum Gasteiger partial charge on any atom is -0.497 e. The molecule has 4 rings (SSSR count). The molecule has 1 spiro atoms. The lowest BCUT2D eigenvalue weighted by Crippen LogP contribution is -2.52. The summed E-state index contributed by atoms with van der Waals surface area (Å²) < 4.78 is 38.7. The Bertz CT molecular complexity index is 1060. The van der Waals surface area contributed by atoms with E-state index in [1.807, 2.05) is 6.92 Å². The highest BCUT2D eigenvalue weighted by Gasteiger charge is 2.45. The smallest absolute Gasteiger partial charge is 0.243 e. The van der Waals surface area contributed by atoms with E-state index in [1.165, 1.54) is 11.4 Å². The Morgan fingerprint density at radius 2 is 1.79 bits per heavy atom. The Hall–Kier alpha value is -2.09. The van der Waals surface area contributed by atoms with Crippen molar-refractivity contribution in [2.75, 3.05) is 20.2 Å². The SMILES string of the molecule is COc1ccc(S(=O)(=O)N2CCC3(CC2)CC(=O)c2cc(Cl)c(C)cc2O3)cc1. The number of methoxy groups -OCH3 is 1. The zero-order chi connectivity index (χ0) is 20.8. The number of fused-ring (bicyclic) bond motifs is 1. The van der Waals surface area contributed by atoms with Crippen LogP contribution in [0, 0.1) is 6.92 Å². The van der Waals surface area contributed by atoms with Crippen molar-refractivity contribution in [1.29, 1.82) is 0 Å². The molecule has 1 fully saturated rings. The highest BCUT2D eigenvalue weighted by molar-refractivity contribution is 7.89. The van der Waals surface area contributed by atoms with Crippen LogP contribution in [0.5, 0.6) is 11.5 Å². The molecule has 0 amide bonds. The second kappa shape index (κ2) is 7.31. The van der Waals surface area contributed by atoms with Crippen molar-refractivity contribution in [3.05, 3.63) is 52.5 Å². The Morgan fingerprint density at radius 3 is 2.41 bits per heavy atom. The van der Waals surface area contributed by atoms with Gasteiger partial charge in [0.05, 0.1) is 24.0 Å². The van der Waals surface area contributed by atoms with E-state index in [-0.39, 0.29) is 17.1 Å². The molecule has 0 radical (unpaired) electrons. The van der Waals surface area contributed by atoms with Crippen LogP contribution in [0.4, 0.5) is 0 Å². The van der Waals surface area contributed by atoms with Gasteiger partial charge in [0.25, 0.3) is 0 Å². The van der Waals surface area contributed by atoms with Crippen molar-refractivity contribution in [2.45, 2.75) is 36.7 Å². The van der Waals surface area contributed by atoms with Gasteiger partial charge in [-0.3, -0.25) is 4.79 Å². The molecule has 0 N–H and O–H groups in total. The number of hydrogen-bond donors (Lipinski definition) is 0. The van der Waals surface area contributed by atoms with E-state index in [2.05, 4.69) is 0 Å². The molecular weight excluding hydrogens is 414 g/mol. The lowest BCUT2D eigenvalue weighted by Gasteiger charge is -2.43. The normalized spacial score (nSPS) is 18.9. The summed E-state index contributed by atoms with van der Waals surface area (Å²) in [5, 5.41) is 0.539. The standard InChI is InChI=1S/C21H22ClNO5S/c1-14-11-20-17(12-18(14)22)19(24)13-21(28-20)7-9-23(10-8-21)29(25,26)16-5-3-15(27-2)4-6-16/h3-6,11-12H,7-10,13H2,1-2H3. The third kappa shape index (κ3) is 3.63. The molecule has 6 nitrogen and oxygen atoms in total. The van der Waals surface area contributed by atoms with Gasteiger partial charge in [0, 0.05) is 31.0 Å². The van der Waals surface area contributed by atoms with Crippen molar-refractivity contribution < 1.29 is 22.7 Å². The van der Waals surface area contributed by atoms with Crippen LogP contribution in [0.25, 0.3) is 0 Å². The van der Waals surface area contributed by atoms with Gasteiger partial charge >= 0.3 is 0 Å². The van der Waals surface area contributed by atoms with Gasteiger partial charge < -0.3 is 9.47 Å². The molecule has 0 unspecified atom stereocenters. The Morgan fingerprint density at radius 1 is 1.14 bits per heavy atom. The molecule has 154 valence electrons. The Labute approximate surface area is 175 Å². The first-order valence-corrected chi connectivity index (χ1v) is 11.2. The third-order valence-electron chi connectivity index (χ3n) is 5.70. The van der Waals surface area contributed by atoms with Gasteiger partial charge in [-0.25, -0.2) is 8.42 Å². The monoisotopic (exact) mass is 435 g/mol. The van der Waals surface area contributed by atoms with Crippen LogP contribution in [0.1, 0.15) is 35.2 Å². The van der Waals surface area contributed by atoms with E-state index < -0.39 is 15.6 Å². The highest BCUT2D eigenvalue weighted by Crippen LogP contribution is 2.41. The van der Waals surface area contributed by atoms with Crippen LogP contribution < -0.4 is 9.47 Å². The number of carbonyl (C=O) groups excluding carboxylic acids is 1. The van der Waals surface area contributed by atoms with Crippen molar-refractivity contribution >= 4 is 27.4 Å². The maximum Gasteiger partial charge on any atom is 0.243 e. The van der Waals surface area contributed by atoms with E-state index in [1.54, 1.807) is 36.4 Å². The maximum absolute atomic E-state index is 13.0. The fraction of sp³-hybridized carbons (Fsp3) is 0.381. The number of rotatable bonds is 3. The molecule has 0 bridgehead atoms. The topological polar surface area (TPSA) is 72.9 Å². The molecule has 0 aliphatic carbocycles. The molecule has 8 heteroatoms. The molecular formula is C21H22ClNO5S. The number of piperidine rings is 1. The number of ketones is 1. The molecule has 2 aromatic rings. The van der Waals surface area contributed by atoms with E-state index in [0.29, 0.717) is 48.0 Å². The molecule has 2 aliphatic heterocycles. The van der Waals surface area contributed by atoms with Crippen LogP contribution in [0.2, 0.25) is 5.02 Å². The van der Waals surface area contributed by atoms with Crippen LogP contribution in [0.3, 0.4) is 0 Å². The van der Waals surface area contributed by atoms with Crippen LogP contribution in [-0.2, 0) is 10.0 Å². The molecule has 2 heterocycles. The first-order valence-electron chi connectivity index (χ1n) is 9.41. The summed E-state index contributed by atoms with van der Waals surface area (Å²) in [5.74, 6) is 1.12. The fourth-order valence-electron chi connectivity index (χ4n) is 3.92. The predicted octanol–water partition coefficient (Wildman–Crippen LogP) is 3.85. The van der Waals surface area contributed by atoms with E-state index in [9.17, 15) is 13.2 Å². The third-order valence-corrected chi connectivity index (χ3v) is 8.02. The largest absolute Gasteiger partial charge is 0.497 e. The Kier molecular flexibility index (Phi) is 5.09. The molecule has 0 saturated carbocycles. The van der Waals surface area contributed by atoms with Crippen molar-refractivity contribution in [3.8, 4) is 11.5 Å². The summed E-state index contributed by atoms with van der Waals surface area (Å²) in [7, 11) is -2.07. The Balaban J connectivity index is 1.53. The number of ether oxygens (including phenoxy) is 2. The van der Waals surface area contributed by atoms with Gasteiger partial charge in [0.15, 0.2) is 5.78 Å². The number of Topliss-reactive ketones (excluding diaryl/α,β-unsaturated/α-hetero) is 1. The van der Waals surface area contributed by atoms with E-state index in [4.69, 9.17) is 21.1 Å². The van der Waals surface area contributed by atoms with Gasteiger partial charge in [0.2, 0.25) is 10.0 Å². The lowest BCUT2D eigenvalue weighted by molar-refractivity contribution is 0.00588. The number of benzene rings is 2. The number of halogens is 1. The van der Waals surface area contributed by atoms with Crippen LogP contribution >= 0.6 is 11.6 Å². The number of carbonyl (C=O) groups is 1. The summed E-state index contributed by atoms with van der Waals surface area (Å²) in [6.45, 7) is 2.45. The molecule has 1 saturated heterocycles. The summed E-state index contributed by atoms with van der Waals surface area (Å²) in [5.41, 5.74) is 0.672. The minimum absolute atomic E-state index is 0.0142. The zero-order valence-corrected chi connectivity index (χ0v) is 17.8. The van der Waals surface area contributed by atoms with Crippen molar-refractivity contribution in [1.82, 2.24) is 4.31 Å². The summed E-state index contributed by atoms with van der Waals surface area (Å²) >= 11 is 6.15. The maximum atomic E-state index is 13.0. The second-order valence-corrected chi connectivity index (χ2v) is 9.91. The molecule has 2 aromatic carbocycles. The van der Waals surface area contributed by atoms with Crippen LogP contribution in [-0.4, -0.2) is 44.3 Å². The number of nitrogens with zero attached hydrogens (tertiary/aromatic N) is 1. The van der Waals surface area contributed by atoms with E-state index >= 15 is 0 Å². The summed E-state index contributed by atoms with van der Waals surface area (Å²) in [6, 6.07) is 9.79. The highest BCUT2D eigenvalue weighted by atomic mass is 35.5. The van der Waals surface area contributed by atoms with Crippen molar-refractivity contribution in [2.24, 2.45) is 0 Å². The van der Waals surface area contributed by atoms with Gasteiger partial charge in [-0.1, -0.05) is 11.6 Å². The van der Waals surface area contributed by atoms with Crippen molar-refractivity contribution in [3.63, 3.8) is 0 Å². The lowest BCUT2D eigenvalue weighted by atomic mass is 9.83. The second-order valence-electron chi connectivity index (χ2n) is 7.56. The molecule has 29 heavy (non-hydrogen) atoms. The first-order chi connectivity index (χ1) is 13.7. The average Bonchev–Trinajstić information content (AvgIpc) is 2.70. The van der Waals surface area contributed by atoms with Gasteiger partial charge in [-0.2, -0.15) is 4.31 Å². The first kappa shape index (κ1) is 20.2. The fourth-order valence-corrected chi connectivity index (χ4v) is 5.53. The molecule has 0 atom stereocenters.